The number of primary amides is 1. The summed E-state index contributed by atoms with van der Waals surface area (Å²) in [6, 6.07) is 17.1. The fraction of sp³-hybridized carbons (Fsp3) is 0.278. The van der Waals surface area contributed by atoms with Crippen LogP contribution in [0.25, 0.3) is 0 Å². The molecular formula is C18H22N2O2. The first-order valence-electron chi connectivity index (χ1n) is 7.41. The first-order valence-corrected chi connectivity index (χ1v) is 7.41. The lowest BCUT2D eigenvalue weighted by atomic mass is 10.0. The van der Waals surface area contributed by atoms with E-state index in [-0.39, 0.29) is 17.9 Å². The molecule has 4 heteroatoms. The standard InChI is InChI=1S/C18H22N2O2/c1-13(2)17(18(19)21)20-12-14-8-10-16(11-9-14)22-15-6-4-3-5-7-15/h3-11,13,17,20H,12H2,1-2H3,(H2,19,21). The van der Waals surface area contributed by atoms with Gasteiger partial charge in [0.05, 0.1) is 6.04 Å². The van der Waals surface area contributed by atoms with Gasteiger partial charge in [-0.25, -0.2) is 0 Å². The van der Waals surface area contributed by atoms with Crippen molar-refractivity contribution >= 4 is 5.91 Å². The summed E-state index contributed by atoms with van der Waals surface area (Å²) in [4.78, 5) is 11.4. The molecule has 116 valence electrons. The van der Waals surface area contributed by atoms with Gasteiger partial charge in [0, 0.05) is 6.54 Å². The van der Waals surface area contributed by atoms with Gasteiger partial charge in [-0.05, 0) is 35.7 Å². The molecule has 0 saturated carbocycles. The Bertz CT molecular complexity index is 594. The topological polar surface area (TPSA) is 64.3 Å². The summed E-state index contributed by atoms with van der Waals surface area (Å²) in [7, 11) is 0. The maximum absolute atomic E-state index is 11.4. The molecule has 0 heterocycles. The summed E-state index contributed by atoms with van der Waals surface area (Å²) < 4.78 is 5.74. The van der Waals surface area contributed by atoms with Gasteiger partial charge in [-0.3, -0.25) is 4.79 Å². The molecule has 2 rings (SSSR count). The van der Waals surface area contributed by atoms with Crippen molar-refractivity contribution in [3.8, 4) is 11.5 Å². The minimum Gasteiger partial charge on any atom is -0.457 e. The highest BCUT2D eigenvalue weighted by molar-refractivity contribution is 5.80. The smallest absolute Gasteiger partial charge is 0.234 e. The van der Waals surface area contributed by atoms with E-state index in [1.54, 1.807) is 0 Å². The van der Waals surface area contributed by atoms with Crippen LogP contribution in [0.4, 0.5) is 0 Å². The van der Waals surface area contributed by atoms with Crippen LogP contribution in [0, 0.1) is 5.92 Å². The highest BCUT2D eigenvalue weighted by Crippen LogP contribution is 2.21. The number of hydrogen-bond acceptors (Lipinski definition) is 3. The third kappa shape index (κ3) is 4.60. The molecule has 0 aliphatic rings. The summed E-state index contributed by atoms with van der Waals surface area (Å²) >= 11 is 0. The number of amides is 1. The fourth-order valence-electron chi connectivity index (χ4n) is 2.19. The Morgan fingerprint density at radius 3 is 2.18 bits per heavy atom. The van der Waals surface area contributed by atoms with Gasteiger partial charge in [0.15, 0.2) is 0 Å². The lowest BCUT2D eigenvalue weighted by molar-refractivity contribution is -0.121. The first-order chi connectivity index (χ1) is 10.6. The molecule has 0 aliphatic carbocycles. The van der Waals surface area contributed by atoms with Gasteiger partial charge in [-0.15, -0.1) is 0 Å². The molecule has 1 unspecified atom stereocenters. The van der Waals surface area contributed by atoms with E-state index in [0.717, 1.165) is 17.1 Å². The van der Waals surface area contributed by atoms with Gasteiger partial charge in [0.1, 0.15) is 11.5 Å². The number of rotatable bonds is 7. The Kier molecular flexibility index (Phi) is 5.55. The summed E-state index contributed by atoms with van der Waals surface area (Å²) in [5, 5.41) is 3.19. The summed E-state index contributed by atoms with van der Waals surface area (Å²) in [6.07, 6.45) is 0. The van der Waals surface area contributed by atoms with E-state index in [4.69, 9.17) is 10.5 Å². The molecule has 22 heavy (non-hydrogen) atoms. The van der Waals surface area contributed by atoms with Crippen molar-refractivity contribution in [1.29, 1.82) is 0 Å². The van der Waals surface area contributed by atoms with Crippen LogP contribution in [0.3, 0.4) is 0 Å². The molecule has 0 bridgehead atoms. The predicted octanol–water partition coefficient (Wildman–Crippen LogP) is 3.08. The number of hydrogen-bond donors (Lipinski definition) is 2. The Balaban J connectivity index is 1.93. The van der Waals surface area contributed by atoms with E-state index in [9.17, 15) is 4.79 Å². The number of nitrogens with one attached hydrogen (secondary N) is 1. The molecular weight excluding hydrogens is 276 g/mol. The maximum atomic E-state index is 11.4. The van der Waals surface area contributed by atoms with Crippen molar-refractivity contribution in [2.24, 2.45) is 11.7 Å². The summed E-state index contributed by atoms with van der Waals surface area (Å²) in [6.45, 7) is 4.54. The normalized spacial score (nSPS) is 12.1. The van der Waals surface area contributed by atoms with Crippen LogP contribution in [-0.2, 0) is 11.3 Å². The second kappa shape index (κ2) is 7.61. The van der Waals surface area contributed by atoms with Crippen LogP contribution in [0.15, 0.2) is 54.6 Å². The van der Waals surface area contributed by atoms with Crippen LogP contribution in [0.2, 0.25) is 0 Å². The van der Waals surface area contributed by atoms with Crippen molar-refractivity contribution in [3.05, 3.63) is 60.2 Å². The molecule has 0 spiro atoms. The lowest BCUT2D eigenvalue weighted by Gasteiger charge is -2.19. The predicted molar refractivity (Wildman–Crippen MR) is 87.6 cm³/mol. The monoisotopic (exact) mass is 298 g/mol. The van der Waals surface area contributed by atoms with Crippen LogP contribution < -0.4 is 15.8 Å². The minimum absolute atomic E-state index is 0.165. The maximum Gasteiger partial charge on any atom is 0.234 e. The highest BCUT2D eigenvalue weighted by atomic mass is 16.5. The molecule has 0 fully saturated rings. The molecule has 0 aromatic heterocycles. The number of ether oxygens (including phenoxy) is 1. The molecule has 0 radical (unpaired) electrons. The molecule has 4 nitrogen and oxygen atoms in total. The largest absolute Gasteiger partial charge is 0.457 e. The lowest BCUT2D eigenvalue weighted by Crippen LogP contribution is -2.44. The zero-order chi connectivity index (χ0) is 15.9. The number of carbonyl (C=O) groups is 1. The molecule has 2 aromatic rings. The van der Waals surface area contributed by atoms with Crippen molar-refractivity contribution in [2.45, 2.75) is 26.4 Å². The van der Waals surface area contributed by atoms with Crippen molar-refractivity contribution in [1.82, 2.24) is 5.32 Å². The van der Waals surface area contributed by atoms with Gasteiger partial charge in [0.2, 0.25) is 5.91 Å². The Morgan fingerprint density at radius 2 is 1.64 bits per heavy atom. The summed E-state index contributed by atoms with van der Waals surface area (Å²) in [5.41, 5.74) is 6.47. The molecule has 1 amide bonds. The first kappa shape index (κ1) is 16.0. The van der Waals surface area contributed by atoms with Crippen LogP contribution in [-0.4, -0.2) is 11.9 Å². The van der Waals surface area contributed by atoms with E-state index in [1.807, 2.05) is 68.4 Å². The zero-order valence-corrected chi connectivity index (χ0v) is 13.0. The van der Waals surface area contributed by atoms with Crippen molar-refractivity contribution in [2.75, 3.05) is 0 Å². The Labute approximate surface area is 131 Å². The number of benzene rings is 2. The minimum atomic E-state index is -0.320. The van der Waals surface area contributed by atoms with Crippen LogP contribution in [0.5, 0.6) is 11.5 Å². The van der Waals surface area contributed by atoms with Gasteiger partial charge in [-0.2, -0.15) is 0 Å². The second-order valence-electron chi connectivity index (χ2n) is 5.56. The molecule has 3 N–H and O–H groups in total. The average Bonchev–Trinajstić information content (AvgIpc) is 2.49. The van der Waals surface area contributed by atoms with Crippen molar-refractivity contribution in [3.63, 3.8) is 0 Å². The Hall–Kier alpha value is -2.33. The van der Waals surface area contributed by atoms with Gasteiger partial charge < -0.3 is 15.8 Å². The van der Waals surface area contributed by atoms with Gasteiger partial charge in [-0.1, -0.05) is 44.2 Å². The van der Waals surface area contributed by atoms with E-state index in [0.29, 0.717) is 6.54 Å². The molecule has 1 atom stereocenters. The van der Waals surface area contributed by atoms with Crippen molar-refractivity contribution < 1.29 is 9.53 Å². The molecule has 2 aromatic carbocycles. The van der Waals surface area contributed by atoms with E-state index in [2.05, 4.69) is 5.32 Å². The van der Waals surface area contributed by atoms with Gasteiger partial charge in [0.25, 0.3) is 0 Å². The summed E-state index contributed by atoms with van der Waals surface area (Å²) in [5.74, 6) is 1.43. The highest BCUT2D eigenvalue weighted by Gasteiger charge is 2.18. The third-order valence-electron chi connectivity index (χ3n) is 3.40. The zero-order valence-electron chi connectivity index (χ0n) is 13.0. The number of carbonyl (C=O) groups excluding carboxylic acids is 1. The fourth-order valence-corrected chi connectivity index (χ4v) is 2.19. The molecule has 0 aliphatic heterocycles. The average molecular weight is 298 g/mol. The van der Waals surface area contributed by atoms with Crippen LogP contribution >= 0.6 is 0 Å². The number of nitrogens with two attached hydrogens (primary N) is 1. The molecule has 0 saturated heterocycles. The van der Waals surface area contributed by atoms with E-state index < -0.39 is 0 Å². The van der Waals surface area contributed by atoms with Crippen LogP contribution in [0.1, 0.15) is 19.4 Å². The number of para-hydroxylation sites is 1. The van der Waals surface area contributed by atoms with Gasteiger partial charge >= 0.3 is 0 Å². The quantitative estimate of drug-likeness (QED) is 0.825. The van der Waals surface area contributed by atoms with E-state index >= 15 is 0 Å². The SMILES string of the molecule is CC(C)C(NCc1ccc(Oc2ccccc2)cc1)C(N)=O. The second-order valence-corrected chi connectivity index (χ2v) is 5.56. The van der Waals surface area contributed by atoms with E-state index in [1.165, 1.54) is 0 Å². The third-order valence-corrected chi connectivity index (χ3v) is 3.40. The Morgan fingerprint density at radius 1 is 1.05 bits per heavy atom.